The molecule has 34 heavy (non-hydrogen) atoms. The van der Waals surface area contributed by atoms with Gasteiger partial charge in [-0.05, 0) is 29.8 Å². The van der Waals surface area contributed by atoms with Crippen LogP contribution in [0.2, 0.25) is 0 Å². The zero-order valence-corrected chi connectivity index (χ0v) is 18.7. The lowest BCUT2D eigenvalue weighted by Gasteiger charge is -2.09. The summed E-state index contributed by atoms with van der Waals surface area (Å²) in [5.74, 6) is 0.153. The lowest BCUT2D eigenvalue weighted by atomic mass is 10.1. The minimum Gasteiger partial charge on any atom is -0.423 e. The fourth-order valence-corrected chi connectivity index (χ4v) is 3.20. The molecule has 0 aliphatic rings. The molecule has 0 N–H and O–H groups in total. The zero-order valence-electron chi connectivity index (χ0n) is 18.7. The average molecular weight is 451 g/mol. The van der Waals surface area contributed by atoms with Gasteiger partial charge in [0.2, 0.25) is 0 Å². The summed E-state index contributed by atoms with van der Waals surface area (Å²) < 4.78 is 6.59. The summed E-state index contributed by atoms with van der Waals surface area (Å²) in [4.78, 5) is 32.8. The van der Waals surface area contributed by atoms with Crippen LogP contribution in [0.4, 0.5) is 0 Å². The summed E-state index contributed by atoms with van der Waals surface area (Å²) in [6.07, 6.45) is 2.92. The van der Waals surface area contributed by atoms with E-state index in [2.05, 4.69) is 21.1 Å². The Morgan fingerprint density at radius 1 is 1.03 bits per heavy atom. The summed E-state index contributed by atoms with van der Waals surface area (Å²) in [7, 11) is 0. The topological polar surface area (TPSA) is 111 Å². The molecule has 0 unspecified atom stereocenters. The molecule has 0 radical (unpaired) electrons. The van der Waals surface area contributed by atoms with Gasteiger partial charge >= 0.3 is 5.97 Å². The van der Waals surface area contributed by atoms with E-state index >= 15 is 0 Å². The van der Waals surface area contributed by atoms with Crippen molar-refractivity contribution in [1.82, 2.24) is 19.7 Å². The van der Waals surface area contributed by atoms with E-state index in [-0.39, 0.29) is 29.7 Å². The Hall–Kier alpha value is -4.64. The number of rotatable bonds is 6. The minimum absolute atomic E-state index is 0.238. The molecule has 0 amide bonds. The van der Waals surface area contributed by atoms with E-state index in [9.17, 15) is 9.59 Å². The Bertz CT molecular complexity index is 1440. The Labute approximate surface area is 196 Å². The minimum atomic E-state index is -0.349. The first-order valence-corrected chi connectivity index (χ1v) is 10.6. The van der Waals surface area contributed by atoms with Crippen molar-refractivity contribution in [2.45, 2.75) is 20.4 Å². The van der Waals surface area contributed by atoms with Crippen molar-refractivity contribution in [2.75, 3.05) is 0 Å². The molecule has 0 aliphatic heterocycles. The summed E-state index contributed by atoms with van der Waals surface area (Å²) in [6, 6.07) is 19.8. The number of carbonyl (C=O) groups excluding carboxylic acids is 1. The monoisotopic (exact) mass is 451 g/mol. The van der Waals surface area contributed by atoms with Crippen molar-refractivity contribution in [2.24, 2.45) is 5.92 Å². The molecule has 2 aromatic carbocycles. The van der Waals surface area contributed by atoms with Gasteiger partial charge in [-0.3, -0.25) is 9.59 Å². The highest BCUT2D eigenvalue weighted by Gasteiger charge is 2.11. The lowest BCUT2D eigenvalue weighted by molar-refractivity contribution is -0.137. The maximum Gasteiger partial charge on any atom is 0.313 e. The van der Waals surface area contributed by atoms with Gasteiger partial charge in [0.05, 0.1) is 42.2 Å². The maximum absolute atomic E-state index is 12.4. The molecular weight excluding hydrogens is 430 g/mol. The summed E-state index contributed by atoms with van der Waals surface area (Å²) in [5, 5.41) is 13.6. The first kappa shape index (κ1) is 22.6. The molecule has 0 spiro atoms. The second-order valence-electron chi connectivity index (χ2n) is 7.93. The predicted molar refractivity (Wildman–Crippen MR) is 126 cm³/mol. The molecule has 0 saturated heterocycles. The van der Waals surface area contributed by atoms with Crippen LogP contribution >= 0.6 is 0 Å². The van der Waals surface area contributed by atoms with E-state index in [4.69, 9.17) is 10.00 Å². The fourth-order valence-electron chi connectivity index (χ4n) is 3.20. The first-order valence-electron chi connectivity index (χ1n) is 10.6. The van der Waals surface area contributed by atoms with Crippen molar-refractivity contribution in [3.63, 3.8) is 0 Å². The standard InChI is InChI=1S/C26H21N5O3/c1-17(2)26(33)34-22-14-28-25(29-15-22)21-8-4-6-19(12-21)16-31-24(32)10-9-23(30-31)20-7-3-5-18(11-20)13-27/h3-12,14-15,17H,16H2,1-2H3. The third kappa shape index (κ3) is 5.22. The quantitative estimate of drug-likeness (QED) is 0.409. The molecule has 0 atom stereocenters. The molecule has 4 aromatic rings. The number of ether oxygens (including phenoxy) is 1. The third-order valence-corrected chi connectivity index (χ3v) is 4.99. The van der Waals surface area contributed by atoms with Crippen molar-refractivity contribution < 1.29 is 9.53 Å². The fraction of sp³-hybridized carbons (Fsp3) is 0.154. The Morgan fingerprint density at radius 2 is 1.76 bits per heavy atom. The van der Waals surface area contributed by atoms with Crippen LogP contribution in [0.15, 0.2) is 77.9 Å². The van der Waals surface area contributed by atoms with Crippen LogP contribution in [-0.2, 0) is 11.3 Å². The molecule has 0 saturated carbocycles. The Kier molecular flexibility index (Phi) is 6.55. The smallest absolute Gasteiger partial charge is 0.313 e. The Balaban J connectivity index is 1.56. The normalized spacial score (nSPS) is 10.6. The van der Waals surface area contributed by atoms with Crippen LogP contribution in [-0.4, -0.2) is 25.7 Å². The SMILES string of the molecule is CC(C)C(=O)Oc1cnc(-c2cccc(Cn3nc(-c4cccc(C#N)c4)ccc3=O)c2)nc1. The predicted octanol–water partition coefficient (Wildman–Crippen LogP) is 3.85. The molecule has 8 nitrogen and oxygen atoms in total. The number of carbonyl (C=O) groups is 1. The number of benzene rings is 2. The second-order valence-corrected chi connectivity index (χ2v) is 7.93. The van der Waals surface area contributed by atoms with Crippen molar-refractivity contribution in [1.29, 1.82) is 5.26 Å². The lowest BCUT2D eigenvalue weighted by Crippen LogP contribution is -2.22. The van der Waals surface area contributed by atoms with Gasteiger partial charge < -0.3 is 4.74 Å². The van der Waals surface area contributed by atoms with E-state index in [0.717, 1.165) is 16.7 Å². The first-order chi connectivity index (χ1) is 16.4. The van der Waals surface area contributed by atoms with Gasteiger partial charge in [-0.25, -0.2) is 14.6 Å². The summed E-state index contributed by atoms with van der Waals surface area (Å²) in [6.45, 7) is 3.76. The zero-order chi connectivity index (χ0) is 24.1. The molecule has 4 rings (SSSR count). The molecule has 168 valence electrons. The van der Waals surface area contributed by atoms with Gasteiger partial charge in [0.25, 0.3) is 5.56 Å². The number of hydrogen-bond acceptors (Lipinski definition) is 7. The van der Waals surface area contributed by atoms with Crippen molar-refractivity contribution in [3.05, 3.63) is 94.5 Å². The largest absolute Gasteiger partial charge is 0.423 e. The van der Waals surface area contributed by atoms with E-state index < -0.39 is 0 Å². The van der Waals surface area contributed by atoms with Crippen LogP contribution in [0.3, 0.4) is 0 Å². The van der Waals surface area contributed by atoms with Crippen molar-refractivity contribution in [3.8, 4) is 34.5 Å². The van der Waals surface area contributed by atoms with E-state index in [1.807, 2.05) is 30.3 Å². The molecule has 0 fully saturated rings. The number of aromatic nitrogens is 4. The van der Waals surface area contributed by atoms with E-state index in [1.54, 1.807) is 38.1 Å². The number of nitriles is 1. The van der Waals surface area contributed by atoms with Crippen LogP contribution in [0.25, 0.3) is 22.6 Å². The van der Waals surface area contributed by atoms with Crippen LogP contribution in [0.1, 0.15) is 25.0 Å². The van der Waals surface area contributed by atoms with Gasteiger partial charge in [-0.15, -0.1) is 0 Å². The van der Waals surface area contributed by atoms with Crippen LogP contribution in [0, 0.1) is 17.2 Å². The summed E-state index contributed by atoms with van der Waals surface area (Å²) >= 11 is 0. The Morgan fingerprint density at radius 3 is 2.50 bits per heavy atom. The summed E-state index contributed by atoms with van der Waals surface area (Å²) in [5.41, 5.74) is 3.24. The molecular formula is C26H21N5O3. The highest BCUT2D eigenvalue weighted by Crippen LogP contribution is 2.20. The third-order valence-electron chi connectivity index (χ3n) is 4.99. The van der Waals surface area contributed by atoms with Crippen molar-refractivity contribution >= 4 is 5.97 Å². The van der Waals surface area contributed by atoms with Gasteiger partial charge in [0.15, 0.2) is 11.6 Å². The molecule has 2 aromatic heterocycles. The molecule has 2 heterocycles. The second kappa shape index (κ2) is 9.88. The number of nitrogens with zero attached hydrogens (tertiary/aromatic N) is 5. The number of hydrogen-bond donors (Lipinski definition) is 0. The van der Waals surface area contributed by atoms with Gasteiger partial charge in [0.1, 0.15) is 0 Å². The highest BCUT2D eigenvalue weighted by atomic mass is 16.5. The number of esters is 1. The maximum atomic E-state index is 12.4. The van der Waals surface area contributed by atoms with Gasteiger partial charge in [0, 0.05) is 17.2 Å². The molecule has 8 heteroatoms. The highest BCUT2D eigenvalue weighted by molar-refractivity contribution is 5.74. The molecule has 0 aliphatic carbocycles. The molecule has 0 bridgehead atoms. The van der Waals surface area contributed by atoms with Crippen LogP contribution < -0.4 is 10.3 Å². The van der Waals surface area contributed by atoms with E-state index in [0.29, 0.717) is 17.1 Å². The average Bonchev–Trinajstić information content (AvgIpc) is 2.86. The van der Waals surface area contributed by atoms with E-state index in [1.165, 1.54) is 23.1 Å². The van der Waals surface area contributed by atoms with Gasteiger partial charge in [-0.2, -0.15) is 10.4 Å². The van der Waals surface area contributed by atoms with Gasteiger partial charge in [-0.1, -0.05) is 44.2 Å². The van der Waals surface area contributed by atoms with Crippen LogP contribution in [0.5, 0.6) is 5.75 Å².